The molecule has 0 radical (unpaired) electrons. The van der Waals surface area contributed by atoms with E-state index >= 15 is 0 Å². The first-order valence-corrected chi connectivity index (χ1v) is 12.0. The van der Waals surface area contributed by atoms with E-state index in [0.29, 0.717) is 17.5 Å². The van der Waals surface area contributed by atoms with Crippen LogP contribution in [0.3, 0.4) is 0 Å². The molecule has 1 N–H and O–H groups in total. The van der Waals surface area contributed by atoms with Crippen LogP contribution < -0.4 is 14.8 Å². The van der Waals surface area contributed by atoms with Crippen LogP contribution in [0, 0.1) is 0 Å². The first-order chi connectivity index (χ1) is 17.1. The number of aromatic nitrogens is 1. The number of hydrogen-bond donors (Lipinski definition) is 1. The fourth-order valence-corrected chi connectivity index (χ4v) is 4.84. The number of thiazole rings is 1. The second-order valence-corrected chi connectivity index (χ2v) is 8.99. The second kappa shape index (κ2) is 9.64. The van der Waals surface area contributed by atoms with Crippen LogP contribution in [0.15, 0.2) is 77.4 Å². The fourth-order valence-electron chi connectivity index (χ4n) is 3.97. The number of nitrogens with zero attached hydrogens (tertiary/aromatic N) is 1. The SMILES string of the molecule is CCOc1cc2occ(-c3ccc(OC)cc3)c2cc1/C(C)=C/C(=O)Nc1nc2ccccc2s1. The highest BCUT2D eigenvalue weighted by Gasteiger charge is 2.16. The molecule has 2 aromatic heterocycles. The topological polar surface area (TPSA) is 73.6 Å². The summed E-state index contributed by atoms with van der Waals surface area (Å²) < 4.78 is 18.0. The van der Waals surface area contributed by atoms with E-state index in [1.165, 1.54) is 11.3 Å². The Morgan fingerprint density at radius 1 is 1.14 bits per heavy atom. The first kappa shape index (κ1) is 22.7. The molecule has 0 spiro atoms. The lowest BCUT2D eigenvalue weighted by Crippen LogP contribution is -2.08. The first-order valence-electron chi connectivity index (χ1n) is 11.2. The van der Waals surface area contributed by atoms with Crippen LogP contribution in [0.25, 0.3) is 37.9 Å². The molecule has 0 aliphatic rings. The van der Waals surface area contributed by atoms with E-state index in [1.807, 2.05) is 74.5 Å². The molecule has 3 aromatic carbocycles. The summed E-state index contributed by atoms with van der Waals surface area (Å²) in [6.07, 6.45) is 3.31. The number of ether oxygens (including phenoxy) is 2. The van der Waals surface area contributed by atoms with Crippen molar-refractivity contribution in [2.45, 2.75) is 13.8 Å². The molecule has 0 saturated heterocycles. The Kier molecular flexibility index (Phi) is 6.25. The lowest BCUT2D eigenvalue weighted by molar-refractivity contribution is -0.111. The van der Waals surface area contributed by atoms with Crippen molar-refractivity contribution in [2.24, 2.45) is 0 Å². The quantitative estimate of drug-likeness (QED) is 0.248. The normalized spacial score (nSPS) is 11.7. The number of nitrogens with one attached hydrogen (secondary N) is 1. The smallest absolute Gasteiger partial charge is 0.250 e. The third-order valence-corrected chi connectivity index (χ3v) is 6.62. The summed E-state index contributed by atoms with van der Waals surface area (Å²) >= 11 is 1.45. The van der Waals surface area contributed by atoms with Gasteiger partial charge in [0.25, 0.3) is 0 Å². The summed E-state index contributed by atoms with van der Waals surface area (Å²) in [6.45, 7) is 4.32. The summed E-state index contributed by atoms with van der Waals surface area (Å²) in [6, 6.07) is 19.5. The molecule has 1 amide bonds. The lowest BCUT2D eigenvalue weighted by atomic mass is 9.99. The number of rotatable bonds is 7. The minimum atomic E-state index is -0.244. The highest BCUT2D eigenvalue weighted by Crippen LogP contribution is 2.38. The van der Waals surface area contributed by atoms with Gasteiger partial charge in [0.1, 0.15) is 17.1 Å². The van der Waals surface area contributed by atoms with Crippen molar-refractivity contribution in [1.29, 1.82) is 0 Å². The van der Waals surface area contributed by atoms with Crippen LogP contribution in [0.1, 0.15) is 19.4 Å². The van der Waals surface area contributed by atoms with Gasteiger partial charge in [0, 0.05) is 28.7 Å². The predicted molar refractivity (Wildman–Crippen MR) is 141 cm³/mol. The van der Waals surface area contributed by atoms with Gasteiger partial charge in [-0.05, 0) is 55.3 Å². The number of allylic oxidation sites excluding steroid dienone is 1. The van der Waals surface area contributed by atoms with Crippen molar-refractivity contribution in [3.8, 4) is 22.6 Å². The largest absolute Gasteiger partial charge is 0.497 e. The van der Waals surface area contributed by atoms with Gasteiger partial charge in [-0.1, -0.05) is 35.6 Å². The number of amides is 1. The maximum absolute atomic E-state index is 12.8. The summed E-state index contributed by atoms with van der Waals surface area (Å²) in [5, 5.41) is 4.39. The van der Waals surface area contributed by atoms with Gasteiger partial charge in [0.15, 0.2) is 5.13 Å². The van der Waals surface area contributed by atoms with E-state index in [4.69, 9.17) is 13.9 Å². The molecule has 6 nitrogen and oxygen atoms in total. The number of fused-ring (bicyclic) bond motifs is 2. The minimum absolute atomic E-state index is 0.244. The Morgan fingerprint density at radius 2 is 1.94 bits per heavy atom. The van der Waals surface area contributed by atoms with E-state index in [1.54, 1.807) is 19.4 Å². The molecule has 0 fully saturated rings. The van der Waals surface area contributed by atoms with Crippen LogP contribution in [-0.4, -0.2) is 24.6 Å². The molecule has 7 heteroatoms. The van der Waals surface area contributed by atoms with Gasteiger partial charge in [-0.3, -0.25) is 10.1 Å². The third kappa shape index (κ3) is 4.63. The summed E-state index contributed by atoms with van der Waals surface area (Å²) in [4.78, 5) is 17.3. The highest BCUT2D eigenvalue weighted by molar-refractivity contribution is 7.22. The van der Waals surface area contributed by atoms with E-state index in [9.17, 15) is 4.79 Å². The number of methoxy groups -OCH3 is 1. The van der Waals surface area contributed by atoms with E-state index in [0.717, 1.165) is 49.2 Å². The zero-order valence-corrected chi connectivity index (χ0v) is 20.4. The molecular weight excluding hydrogens is 460 g/mol. The van der Waals surface area contributed by atoms with Gasteiger partial charge in [-0.2, -0.15) is 0 Å². The Balaban J connectivity index is 1.49. The average molecular weight is 485 g/mol. The molecule has 0 atom stereocenters. The summed E-state index contributed by atoms with van der Waals surface area (Å²) in [5.41, 5.74) is 5.15. The number of anilines is 1. The van der Waals surface area contributed by atoms with Crippen LogP contribution in [0.4, 0.5) is 5.13 Å². The van der Waals surface area contributed by atoms with Crippen LogP contribution in [0.2, 0.25) is 0 Å². The molecule has 0 aliphatic carbocycles. The molecule has 0 aliphatic heterocycles. The van der Waals surface area contributed by atoms with Crippen molar-refractivity contribution >= 4 is 49.1 Å². The van der Waals surface area contributed by atoms with Crippen molar-refractivity contribution in [2.75, 3.05) is 19.0 Å². The maximum atomic E-state index is 12.8. The Morgan fingerprint density at radius 3 is 2.69 bits per heavy atom. The van der Waals surface area contributed by atoms with Crippen molar-refractivity contribution < 1.29 is 18.7 Å². The number of carbonyl (C=O) groups is 1. The van der Waals surface area contributed by atoms with Gasteiger partial charge in [0.2, 0.25) is 5.91 Å². The van der Waals surface area contributed by atoms with E-state index in [-0.39, 0.29) is 5.91 Å². The molecule has 5 rings (SSSR count). The van der Waals surface area contributed by atoms with Gasteiger partial charge in [-0.15, -0.1) is 0 Å². The number of hydrogen-bond acceptors (Lipinski definition) is 6. The lowest BCUT2D eigenvalue weighted by Gasteiger charge is -2.11. The Bertz CT molecular complexity index is 1510. The van der Waals surface area contributed by atoms with Crippen LogP contribution in [-0.2, 0) is 4.79 Å². The second-order valence-electron chi connectivity index (χ2n) is 7.96. The Labute approximate surface area is 206 Å². The summed E-state index contributed by atoms with van der Waals surface area (Å²) in [7, 11) is 1.64. The molecule has 35 heavy (non-hydrogen) atoms. The monoisotopic (exact) mass is 484 g/mol. The van der Waals surface area contributed by atoms with Crippen molar-refractivity contribution in [3.63, 3.8) is 0 Å². The molecule has 0 bridgehead atoms. The number of para-hydroxylation sites is 1. The van der Waals surface area contributed by atoms with Gasteiger partial charge in [0.05, 0.1) is 30.2 Å². The molecule has 176 valence electrons. The number of carbonyl (C=O) groups excluding carboxylic acids is 1. The zero-order chi connectivity index (χ0) is 24.4. The third-order valence-electron chi connectivity index (χ3n) is 5.67. The fraction of sp³-hybridized carbons (Fsp3) is 0.143. The van der Waals surface area contributed by atoms with E-state index in [2.05, 4.69) is 10.3 Å². The highest BCUT2D eigenvalue weighted by atomic mass is 32.1. The van der Waals surface area contributed by atoms with Crippen molar-refractivity contribution in [3.05, 3.63) is 78.6 Å². The molecule has 2 heterocycles. The molecule has 0 unspecified atom stereocenters. The van der Waals surface area contributed by atoms with Crippen LogP contribution >= 0.6 is 11.3 Å². The average Bonchev–Trinajstić information content (AvgIpc) is 3.46. The Hall–Kier alpha value is -4.10. The van der Waals surface area contributed by atoms with Crippen LogP contribution in [0.5, 0.6) is 11.5 Å². The standard InChI is InChI=1S/C28H24N2O4S/c1-4-33-24-15-25-21(22(16-34-25)18-9-11-19(32-3)12-10-18)14-20(24)17(2)13-27(31)30-28-29-23-7-5-6-8-26(23)35-28/h5-16H,4H2,1-3H3,(H,29,30,31)/b17-13+. The summed E-state index contributed by atoms with van der Waals surface area (Å²) in [5.74, 6) is 1.21. The molecular formula is C28H24N2O4S. The molecule has 0 saturated carbocycles. The number of furan rings is 1. The predicted octanol–water partition coefficient (Wildman–Crippen LogP) is 7.16. The number of benzene rings is 3. The zero-order valence-electron chi connectivity index (χ0n) is 19.6. The van der Waals surface area contributed by atoms with Gasteiger partial charge < -0.3 is 13.9 Å². The van der Waals surface area contributed by atoms with Gasteiger partial charge in [-0.25, -0.2) is 4.98 Å². The van der Waals surface area contributed by atoms with E-state index < -0.39 is 0 Å². The molecule has 5 aromatic rings. The minimum Gasteiger partial charge on any atom is -0.497 e. The van der Waals surface area contributed by atoms with Crippen molar-refractivity contribution in [1.82, 2.24) is 4.98 Å². The van der Waals surface area contributed by atoms with Gasteiger partial charge >= 0.3 is 0 Å². The maximum Gasteiger partial charge on any atom is 0.250 e.